The van der Waals surface area contributed by atoms with Crippen LogP contribution in [0.5, 0.6) is 0 Å². The third kappa shape index (κ3) is 3.95. The third-order valence-electron chi connectivity index (χ3n) is 2.67. The van der Waals surface area contributed by atoms with Gasteiger partial charge in [0.25, 0.3) is 5.91 Å². The topological polar surface area (TPSA) is 66.9 Å². The first-order valence-electron chi connectivity index (χ1n) is 6.38. The molecule has 2 aromatic rings. The maximum Gasteiger partial charge on any atom is 0.275 e. The predicted octanol–water partition coefficient (Wildman–Crippen LogP) is 3.65. The molecule has 0 aliphatic heterocycles. The molecule has 0 spiro atoms. The first-order valence-corrected chi connectivity index (χ1v) is 8.16. The van der Waals surface area contributed by atoms with Crippen LogP contribution in [-0.2, 0) is 0 Å². The zero-order valence-corrected chi connectivity index (χ0v) is 14.1. The number of hydrogen-bond donors (Lipinski definition) is 2. The molecule has 0 atom stereocenters. The highest BCUT2D eigenvalue weighted by Crippen LogP contribution is 2.26. The van der Waals surface area contributed by atoms with Gasteiger partial charge in [-0.25, -0.2) is 9.97 Å². The average molecular weight is 367 g/mol. The third-order valence-corrected chi connectivity index (χ3v) is 4.04. The Bertz CT molecular complexity index is 651. The monoisotopic (exact) mass is 366 g/mol. The molecule has 2 N–H and O–H groups in total. The normalized spacial score (nSPS) is 10.2. The SMILES string of the molecule is CCSc1cccnc1C(=O)Nc1cc(Br)ncc1NC. The molecule has 0 unspecified atom stereocenters. The molecule has 0 aliphatic rings. The molecule has 0 saturated carbocycles. The lowest BCUT2D eigenvalue weighted by molar-refractivity contribution is 0.101. The number of thioether (sulfide) groups is 1. The molecule has 0 saturated heterocycles. The predicted molar refractivity (Wildman–Crippen MR) is 90.1 cm³/mol. The van der Waals surface area contributed by atoms with Crippen LogP contribution in [0, 0.1) is 0 Å². The smallest absolute Gasteiger partial charge is 0.275 e. The van der Waals surface area contributed by atoms with Crippen LogP contribution < -0.4 is 10.6 Å². The summed E-state index contributed by atoms with van der Waals surface area (Å²) >= 11 is 4.89. The fourth-order valence-corrected chi connectivity index (χ4v) is 2.85. The van der Waals surface area contributed by atoms with Crippen LogP contribution in [0.1, 0.15) is 17.4 Å². The summed E-state index contributed by atoms with van der Waals surface area (Å²) in [5.41, 5.74) is 1.83. The van der Waals surface area contributed by atoms with Gasteiger partial charge in [0.05, 0.1) is 17.6 Å². The molecule has 0 aliphatic carbocycles. The van der Waals surface area contributed by atoms with Gasteiger partial charge in [0, 0.05) is 18.1 Å². The molecule has 0 fully saturated rings. The second kappa shape index (κ2) is 7.42. The molecule has 1 amide bonds. The maximum atomic E-state index is 12.4. The lowest BCUT2D eigenvalue weighted by Gasteiger charge is -2.12. The van der Waals surface area contributed by atoms with Crippen molar-refractivity contribution in [2.45, 2.75) is 11.8 Å². The van der Waals surface area contributed by atoms with Gasteiger partial charge in [-0.05, 0) is 39.9 Å². The number of halogens is 1. The molecule has 110 valence electrons. The fraction of sp³-hybridized carbons (Fsp3) is 0.214. The molecule has 21 heavy (non-hydrogen) atoms. The Labute approximate surface area is 136 Å². The lowest BCUT2D eigenvalue weighted by Crippen LogP contribution is -2.16. The molecule has 5 nitrogen and oxygen atoms in total. The van der Waals surface area contributed by atoms with Crippen molar-refractivity contribution in [2.75, 3.05) is 23.4 Å². The van der Waals surface area contributed by atoms with E-state index < -0.39 is 0 Å². The molecule has 2 heterocycles. The van der Waals surface area contributed by atoms with Crippen molar-refractivity contribution in [3.63, 3.8) is 0 Å². The molecule has 7 heteroatoms. The second-order valence-electron chi connectivity index (χ2n) is 4.04. The molecule has 0 aromatic carbocycles. The minimum Gasteiger partial charge on any atom is -0.385 e. The summed E-state index contributed by atoms with van der Waals surface area (Å²) in [6.45, 7) is 2.04. The Morgan fingerprint density at radius 2 is 2.19 bits per heavy atom. The largest absolute Gasteiger partial charge is 0.385 e. The quantitative estimate of drug-likeness (QED) is 0.624. The van der Waals surface area contributed by atoms with Crippen LogP contribution in [-0.4, -0.2) is 28.7 Å². The number of amides is 1. The Morgan fingerprint density at radius 3 is 2.90 bits per heavy atom. The van der Waals surface area contributed by atoms with E-state index in [1.54, 1.807) is 37.3 Å². The van der Waals surface area contributed by atoms with Crippen molar-refractivity contribution in [2.24, 2.45) is 0 Å². The summed E-state index contributed by atoms with van der Waals surface area (Å²) in [7, 11) is 1.78. The maximum absolute atomic E-state index is 12.4. The number of hydrogen-bond acceptors (Lipinski definition) is 5. The van der Waals surface area contributed by atoms with Crippen LogP contribution in [0.3, 0.4) is 0 Å². The lowest BCUT2D eigenvalue weighted by atomic mass is 10.3. The Balaban J connectivity index is 2.28. The molecule has 0 bridgehead atoms. The fourth-order valence-electron chi connectivity index (χ4n) is 1.75. The van der Waals surface area contributed by atoms with E-state index >= 15 is 0 Å². The number of pyridine rings is 2. The van der Waals surface area contributed by atoms with Crippen molar-refractivity contribution < 1.29 is 4.79 Å². The van der Waals surface area contributed by atoms with Crippen LogP contribution in [0.4, 0.5) is 11.4 Å². The van der Waals surface area contributed by atoms with Gasteiger partial charge in [0.1, 0.15) is 10.3 Å². The minimum absolute atomic E-state index is 0.235. The van der Waals surface area contributed by atoms with E-state index in [-0.39, 0.29) is 5.91 Å². The zero-order valence-electron chi connectivity index (χ0n) is 11.7. The molecule has 2 aromatic heterocycles. The first-order chi connectivity index (χ1) is 10.2. The van der Waals surface area contributed by atoms with Gasteiger partial charge in [0.2, 0.25) is 0 Å². The Hall–Kier alpha value is -1.60. The van der Waals surface area contributed by atoms with Gasteiger partial charge in [-0.15, -0.1) is 11.8 Å². The number of nitrogens with one attached hydrogen (secondary N) is 2. The van der Waals surface area contributed by atoms with Gasteiger partial charge >= 0.3 is 0 Å². The van der Waals surface area contributed by atoms with E-state index in [1.165, 1.54) is 0 Å². The van der Waals surface area contributed by atoms with E-state index in [9.17, 15) is 4.79 Å². The highest BCUT2D eigenvalue weighted by Gasteiger charge is 2.15. The van der Waals surface area contributed by atoms with Crippen LogP contribution in [0.15, 0.2) is 40.1 Å². The summed E-state index contributed by atoms with van der Waals surface area (Å²) in [6, 6.07) is 5.48. The van der Waals surface area contributed by atoms with Gasteiger partial charge in [-0.1, -0.05) is 6.92 Å². The van der Waals surface area contributed by atoms with E-state index in [0.29, 0.717) is 16.0 Å². The molecule has 2 rings (SSSR count). The van der Waals surface area contributed by atoms with Gasteiger partial charge < -0.3 is 10.6 Å². The molecular weight excluding hydrogens is 352 g/mol. The van der Waals surface area contributed by atoms with Gasteiger partial charge in [0.15, 0.2) is 0 Å². The summed E-state index contributed by atoms with van der Waals surface area (Å²) in [4.78, 5) is 21.6. The highest BCUT2D eigenvalue weighted by molar-refractivity contribution is 9.10. The number of aromatic nitrogens is 2. The second-order valence-corrected chi connectivity index (χ2v) is 6.16. The summed E-state index contributed by atoms with van der Waals surface area (Å²) in [6.07, 6.45) is 3.27. The average Bonchev–Trinajstić information content (AvgIpc) is 2.48. The number of rotatable bonds is 5. The van der Waals surface area contributed by atoms with E-state index in [0.717, 1.165) is 16.3 Å². The number of nitrogens with zero attached hydrogens (tertiary/aromatic N) is 2. The van der Waals surface area contributed by atoms with Crippen LogP contribution >= 0.6 is 27.7 Å². The van der Waals surface area contributed by atoms with Crippen LogP contribution in [0.25, 0.3) is 0 Å². The zero-order chi connectivity index (χ0) is 15.2. The molecule has 0 radical (unpaired) electrons. The van der Waals surface area contributed by atoms with E-state index in [1.807, 2.05) is 19.1 Å². The van der Waals surface area contributed by atoms with Crippen molar-refractivity contribution in [1.29, 1.82) is 0 Å². The van der Waals surface area contributed by atoms with Gasteiger partial charge in [-0.3, -0.25) is 4.79 Å². The first kappa shape index (κ1) is 15.8. The van der Waals surface area contributed by atoms with E-state index in [4.69, 9.17) is 0 Å². The van der Waals surface area contributed by atoms with Crippen LogP contribution in [0.2, 0.25) is 0 Å². The summed E-state index contributed by atoms with van der Waals surface area (Å²) in [5.74, 6) is 0.648. The van der Waals surface area contributed by atoms with E-state index in [2.05, 4.69) is 36.5 Å². The highest BCUT2D eigenvalue weighted by atomic mass is 79.9. The Kier molecular flexibility index (Phi) is 5.58. The standard InChI is InChI=1S/C14H15BrN4OS/c1-3-21-11-5-4-6-17-13(11)14(20)19-9-7-12(15)18-8-10(9)16-2/h4-8,16H,3H2,1-2H3,(H,18,19,20). The summed E-state index contributed by atoms with van der Waals surface area (Å²) in [5, 5.41) is 5.87. The number of carbonyl (C=O) groups excluding carboxylic acids is 1. The van der Waals surface area contributed by atoms with Crippen molar-refractivity contribution in [1.82, 2.24) is 9.97 Å². The van der Waals surface area contributed by atoms with Crippen molar-refractivity contribution >= 4 is 45.0 Å². The number of carbonyl (C=O) groups is 1. The van der Waals surface area contributed by atoms with Gasteiger partial charge in [-0.2, -0.15) is 0 Å². The number of anilines is 2. The van der Waals surface area contributed by atoms with Crippen molar-refractivity contribution in [3.05, 3.63) is 40.9 Å². The summed E-state index contributed by atoms with van der Waals surface area (Å²) < 4.78 is 0.654. The molecular formula is C14H15BrN4OS. The minimum atomic E-state index is -0.235. The Morgan fingerprint density at radius 1 is 1.38 bits per heavy atom. The van der Waals surface area contributed by atoms with Crippen molar-refractivity contribution in [3.8, 4) is 0 Å².